The molecule has 0 aliphatic heterocycles. The third-order valence-electron chi connectivity index (χ3n) is 5.43. The summed E-state index contributed by atoms with van der Waals surface area (Å²) in [4.78, 5) is 44.2. The summed E-state index contributed by atoms with van der Waals surface area (Å²) in [5, 5.41) is 0.804. The minimum atomic E-state index is -0.616. The predicted octanol–water partition coefficient (Wildman–Crippen LogP) is 3.87. The van der Waals surface area contributed by atoms with Gasteiger partial charge in [0.2, 0.25) is 0 Å². The number of hydrogen-bond donors (Lipinski definition) is 0. The van der Waals surface area contributed by atoms with Crippen LogP contribution in [0.4, 0.5) is 4.39 Å². The summed E-state index contributed by atoms with van der Waals surface area (Å²) in [6, 6.07) is 6.49. The van der Waals surface area contributed by atoms with E-state index in [1.165, 1.54) is 30.6 Å². The number of para-hydroxylation sites is 1. The molecule has 7 nitrogen and oxygen atoms in total. The summed E-state index contributed by atoms with van der Waals surface area (Å²) in [5.74, 6) is -0.904. The van der Waals surface area contributed by atoms with Gasteiger partial charge in [-0.05, 0) is 30.5 Å². The Labute approximate surface area is 193 Å². The van der Waals surface area contributed by atoms with E-state index in [0.29, 0.717) is 21.6 Å². The van der Waals surface area contributed by atoms with E-state index in [0.717, 1.165) is 10.1 Å². The molecule has 9 heteroatoms. The van der Waals surface area contributed by atoms with Gasteiger partial charge in [-0.3, -0.25) is 18.9 Å². The maximum Gasteiger partial charge on any atom is 0.340 e. The van der Waals surface area contributed by atoms with Gasteiger partial charge in [0.05, 0.1) is 17.6 Å². The van der Waals surface area contributed by atoms with E-state index in [-0.39, 0.29) is 35.4 Å². The van der Waals surface area contributed by atoms with Crippen LogP contribution in [-0.4, -0.2) is 26.7 Å². The summed E-state index contributed by atoms with van der Waals surface area (Å²) in [6.07, 6.45) is 1.78. The lowest BCUT2D eigenvalue weighted by Gasteiger charge is -2.11. The van der Waals surface area contributed by atoms with E-state index in [9.17, 15) is 18.8 Å². The van der Waals surface area contributed by atoms with Gasteiger partial charge >= 0.3 is 11.7 Å². The van der Waals surface area contributed by atoms with Crippen molar-refractivity contribution in [3.05, 3.63) is 73.1 Å². The second-order valence-corrected chi connectivity index (χ2v) is 9.32. The monoisotopic (exact) mass is 469 g/mol. The number of aromatic nitrogens is 3. The van der Waals surface area contributed by atoms with Gasteiger partial charge in [0.25, 0.3) is 5.56 Å². The van der Waals surface area contributed by atoms with Crippen LogP contribution in [0.2, 0.25) is 0 Å². The SMILES string of the molecule is CCOC(=O)c1c(Cc2ccnc3c(F)cccc23)sc2c1c(=O)n(C)c(=O)n2CC(C)C. The summed E-state index contributed by atoms with van der Waals surface area (Å²) in [7, 11) is 1.41. The lowest BCUT2D eigenvalue weighted by molar-refractivity contribution is 0.0528. The van der Waals surface area contributed by atoms with Crippen LogP contribution in [0, 0.1) is 11.7 Å². The first-order valence-corrected chi connectivity index (χ1v) is 11.5. The average molecular weight is 470 g/mol. The lowest BCUT2D eigenvalue weighted by Crippen LogP contribution is -2.38. The van der Waals surface area contributed by atoms with Crippen LogP contribution < -0.4 is 11.2 Å². The maximum atomic E-state index is 14.3. The van der Waals surface area contributed by atoms with Crippen LogP contribution in [0.15, 0.2) is 40.1 Å². The Bertz CT molecular complexity index is 1500. The molecular weight excluding hydrogens is 445 g/mol. The number of carbonyl (C=O) groups is 1. The first-order chi connectivity index (χ1) is 15.7. The van der Waals surface area contributed by atoms with Crippen LogP contribution >= 0.6 is 11.3 Å². The zero-order chi connectivity index (χ0) is 23.9. The lowest BCUT2D eigenvalue weighted by atomic mass is 10.0. The predicted molar refractivity (Wildman–Crippen MR) is 127 cm³/mol. The topological polar surface area (TPSA) is 83.2 Å². The second-order valence-electron chi connectivity index (χ2n) is 8.23. The van der Waals surface area contributed by atoms with Gasteiger partial charge in [0.15, 0.2) is 0 Å². The van der Waals surface area contributed by atoms with E-state index in [2.05, 4.69) is 4.98 Å². The molecule has 0 radical (unpaired) electrons. The molecule has 3 aromatic heterocycles. The highest BCUT2D eigenvalue weighted by molar-refractivity contribution is 7.19. The number of nitrogens with zero attached hydrogens (tertiary/aromatic N) is 3. The molecule has 0 saturated carbocycles. The molecule has 0 spiro atoms. The van der Waals surface area contributed by atoms with Crippen molar-refractivity contribution >= 4 is 38.4 Å². The van der Waals surface area contributed by atoms with Crippen LogP contribution in [0.25, 0.3) is 21.1 Å². The molecule has 0 fully saturated rings. The minimum absolute atomic E-state index is 0.144. The van der Waals surface area contributed by atoms with Crippen LogP contribution in [0.5, 0.6) is 0 Å². The molecule has 0 aliphatic rings. The highest BCUT2D eigenvalue weighted by atomic mass is 32.1. The number of esters is 1. The van der Waals surface area contributed by atoms with Crippen molar-refractivity contribution in [1.82, 2.24) is 14.1 Å². The molecule has 172 valence electrons. The summed E-state index contributed by atoms with van der Waals surface area (Å²) >= 11 is 1.23. The highest BCUT2D eigenvalue weighted by Gasteiger charge is 2.27. The standard InChI is InChI=1S/C24H24FN3O4S/c1-5-32-23(30)18-17(11-14-9-10-26-20-15(14)7-6-8-16(20)25)33-22-19(18)21(29)27(4)24(31)28(22)12-13(2)3/h6-10,13H,5,11-12H2,1-4H3. The number of fused-ring (bicyclic) bond motifs is 2. The van der Waals surface area contributed by atoms with Gasteiger partial charge in [-0.2, -0.15) is 0 Å². The van der Waals surface area contributed by atoms with Crippen LogP contribution in [0.1, 0.15) is 41.6 Å². The second kappa shape index (κ2) is 8.90. The first kappa shape index (κ1) is 22.8. The number of ether oxygens (including phenoxy) is 1. The molecule has 1 aromatic carbocycles. The molecule has 33 heavy (non-hydrogen) atoms. The van der Waals surface area contributed by atoms with Gasteiger partial charge in [0.1, 0.15) is 16.2 Å². The third kappa shape index (κ3) is 3.97. The number of halogens is 1. The van der Waals surface area contributed by atoms with Gasteiger partial charge in [-0.25, -0.2) is 14.0 Å². The molecule has 4 aromatic rings. The number of pyridine rings is 1. The van der Waals surface area contributed by atoms with E-state index in [1.807, 2.05) is 13.8 Å². The Morgan fingerprint density at radius 2 is 2.00 bits per heavy atom. The van der Waals surface area contributed by atoms with Gasteiger partial charge in [-0.1, -0.05) is 26.0 Å². The molecule has 0 saturated heterocycles. The molecule has 0 aliphatic carbocycles. The number of benzene rings is 1. The maximum absolute atomic E-state index is 14.3. The molecule has 0 unspecified atom stereocenters. The Balaban J connectivity index is 2.03. The van der Waals surface area contributed by atoms with Crippen molar-refractivity contribution in [2.45, 2.75) is 33.7 Å². The fraction of sp³-hybridized carbons (Fsp3) is 0.333. The molecule has 0 amide bonds. The summed E-state index contributed by atoms with van der Waals surface area (Å²) in [5.41, 5.74) is 0.191. The van der Waals surface area contributed by atoms with Crippen molar-refractivity contribution < 1.29 is 13.9 Å². The van der Waals surface area contributed by atoms with Crippen molar-refractivity contribution in [3.8, 4) is 0 Å². The molecule has 0 bridgehead atoms. The Morgan fingerprint density at radius 3 is 2.70 bits per heavy atom. The highest BCUT2D eigenvalue weighted by Crippen LogP contribution is 2.33. The Hall–Kier alpha value is -3.33. The number of carbonyl (C=O) groups excluding carboxylic acids is 1. The van der Waals surface area contributed by atoms with E-state index < -0.39 is 23.0 Å². The van der Waals surface area contributed by atoms with E-state index >= 15 is 0 Å². The summed E-state index contributed by atoms with van der Waals surface area (Å²) in [6.45, 7) is 6.18. The molecule has 4 rings (SSSR count). The molecule has 0 atom stereocenters. The van der Waals surface area contributed by atoms with E-state index in [1.54, 1.807) is 29.7 Å². The van der Waals surface area contributed by atoms with Crippen molar-refractivity contribution in [2.24, 2.45) is 13.0 Å². The van der Waals surface area contributed by atoms with Gasteiger partial charge in [-0.15, -0.1) is 11.3 Å². The number of thiophene rings is 1. The van der Waals surface area contributed by atoms with Crippen LogP contribution in [-0.2, 0) is 24.8 Å². The zero-order valence-corrected chi connectivity index (χ0v) is 19.7. The largest absolute Gasteiger partial charge is 0.462 e. The number of rotatable bonds is 6. The van der Waals surface area contributed by atoms with Gasteiger partial charge < -0.3 is 4.74 Å². The molecule has 3 heterocycles. The quantitative estimate of drug-likeness (QED) is 0.400. The fourth-order valence-electron chi connectivity index (χ4n) is 3.97. The third-order valence-corrected chi connectivity index (χ3v) is 6.65. The van der Waals surface area contributed by atoms with Crippen molar-refractivity contribution in [3.63, 3.8) is 0 Å². The molecular formula is C24H24FN3O4S. The Morgan fingerprint density at radius 1 is 1.24 bits per heavy atom. The fourth-order valence-corrected chi connectivity index (χ4v) is 5.27. The average Bonchev–Trinajstić information content (AvgIpc) is 3.15. The van der Waals surface area contributed by atoms with Crippen molar-refractivity contribution in [1.29, 1.82) is 0 Å². The van der Waals surface area contributed by atoms with Crippen LogP contribution in [0.3, 0.4) is 0 Å². The number of hydrogen-bond acceptors (Lipinski definition) is 6. The molecule has 0 N–H and O–H groups in total. The summed E-state index contributed by atoms with van der Waals surface area (Å²) < 4.78 is 22.1. The normalized spacial score (nSPS) is 11.6. The minimum Gasteiger partial charge on any atom is -0.462 e. The Kier molecular flexibility index (Phi) is 6.16. The van der Waals surface area contributed by atoms with E-state index in [4.69, 9.17) is 4.74 Å². The zero-order valence-electron chi connectivity index (χ0n) is 18.8. The van der Waals surface area contributed by atoms with Gasteiger partial charge in [0, 0.05) is 36.5 Å². The smallest absolute Gasteiger partial charge is 0.340 e. The van der Waals surface area contributed by atoms with Crippen molar-refractivity contribution in [2.75, 3.05) is 6.61 Å². The first-order valence-electron chi connectivity index (χ1n) is 10.7.